The Kier molecular flexibility index (Phi) is 4.56. The van der Waals surface area contributed by atoms with Crippen LogP contribution in [0.2, 0.25) is 0 Å². The van der Waals surface area contributed by atoms with Crippen molar-refractivity contribution in [1.29, 1.82) is 0 Å². The van der Waals surface area contributed by atoms with E-state index in [0.717, 1.165) is 10.4 Å². The average molecular weight is 350 g/mol. The number of carbonyl (C=O) groups is 1. The molecule has 0 aliphatic heterocycles. The van der Waals surface area contributed by atoms with Crippen molar-refractivity contribution in [3.63, 3.8) is 0 Å². The van der Waals surface area contributed by atoms with E-state index >= 15 is 0 Å². The summed E-state index contributed by atoms with van der Waals surface area (Å²) < 4.78 is 26.4. The first-order valence-corrected chi connectivity index (χ1v) is 8.16. The van der Waals surface area contributed by atoms with Crippen molar-refractivity contribution in [3.05, 3.63) is 63.7 Å². The largest absolute Gasteiger partial charge is 0.478 e. The summed E-state index contributed by atoms with van der Waals surface area (Å²) in [5.74, 6) is -1.27. The number of rotatable bonds is 5. The third kappa shape index (κ3) is 3.06. The molecule has 0 heterocycles. The monoisotopic (exact) mass is 350 g/mol. The first kappa shape index (κ1) is 17.4. The van der Waals surface area contributed by atoms with E-state index in [4.69, 9.17) is 0 Å². The van der Waals surface area contributed by atoms with E-state index in [0.29, 0.717) is 5.56 Å². The molecule has 2 aromatic carbocycles. The Balaban J connectivity index is 2.62. The second kappa shape index (κ2) is 6.28. The molecule has 0 radical (unpaired) electrons. The lowest BCUT2D eigenvalue weighted by Gasteiger charge is -2.22. The van der Waals surface area contributed by atoms with Crippen molar-refractivity contribution in [2.24, 2.45) is 0 Å². The molecule has 2 aromatic rings. The minimum Gasteiger partial charge on any atom is -0.478 e. The van der Waals surface area contributed by atoms with Gasteiger partial charge in [0.05, 0.1) is 21.1 Å². The molecular weight excluding hydrogens is 336 g/mol. The molecule has 0 saturated heterocycles. The van der Waals surface area contributed by atoms with Gasteiger partial charge in [0, 0.05) is 19.2 Å². The van der Waals surface area contributed by atoms with Crippen molar-refractivity contribution in [2.75, 3.05) is 11.4 Å². The van der Waals surface area contributed by atoms with Gasteiger partial charge in [-0.1, -0.05) is 18.2 Å². The van der Waals surface area contributed by atoms with Crippen LogP contribution in [0.3, 0.4) is 0 Å². The van der Waals surface area contributed by atoms with Gasteiger partial charge >= 0.3 is 5.97 Å². The van der Waals surface area contributed by atoms with Crippen LogP contribution < -0.4 is 4.31 Å². The second-order valence-corrected chi connectivity index (χ2v) is 6.94. The highest BCUT2D eigenvalue weighted by atomic mass is 32.2. The highest BCUT2D eigenvalue weighted by molar-refractivity contribution is 7.92. The highest BCUT2D eigenvalue weighted by Gasteiger charge is 2.28. The summed E-state index contributed by atoms with van der Waals surface area (Å²) in [6, 6.07) is 9.13. The van der Waals surface area contributed by atoms with Crippen LogP contribution in [0.5, 0.6) is 0 Å². The molecule has 24 heavy (non-hydrogen) atoms. The number of benzene rings is 2. The summed E-state index contributed by atoms with van der Waals surface area (Å²) in [4.78, 5) is 21.2. The lowest BCUT2D eigenvalue weighted by Crippen LogP contribution is -2.28. The molecule has 0 unspecified atom stereocenters. The Morgan fingerprint density at radius 3 is 2.42 bits per heavy atom. The summed E-state index contributed by atoms with van der Waals surface area (Å²) in [5, 5.41) is 20.1. The minimum absolute atomic E-state index is 0.0316. The summed E-state index contributed by atoms with van der Waals surface area (Å²) >= 11 is 0. The van der Waals surface area contributed by atoms with Crippen molar-refractivity contribution in [3.8, 4) is 0 Å². The molecule has 0 aromatic heterocycles. The van der Waals surface area contributed by atoms with Crippen LogP contribution in [0.15, 0.2) is 47.4 Å². The quantitative estimate of drug-likeness (QED) is 0.653. The number of aryl methyl sites for hydroxylation is 1. The van der Waals surface area contributed by atoms with Crippen LogP contribution in [0.4, 0.5) is 11.4 Å². The Labute approximate surface area is 138 Å². The number of nitro benzene ring substituents is 1. The molecule has 0 atom stereocenters. The number of nitro groups is 1. The predicted molar refractivity (Wildman–Crippen MR) is 86.8 cm³/mol. The van der Waals surface area contributed by atoms with Crippen LogP contribution in [0.1, 0.15) is 15.9 Å². The summed E-state index contributed by atoms with van der Waals surface area (Å²) in [5.41, 5.74) is -0.262. The molecule has 0 amide bonds. The van der Waals surface area contributed by atoms with Gasteiger partial charge in [-0.2, -0.15) is 0 Å². The highest BCUT2D eigenvalue weighted by Crippen LogP contribution is 2.29. The van der Waals surface area contributed by atoms with Gasteiger partial charge in [-0.3, -0.25) is 14.4 Å². The van der Waals surface area contributed by atoms with Gasteiger partial charge in [0.2, 0.25) is 0 Å². The third-order valence-electron chi connectivity index (χ3n) is 3.49. The topological polar surface area (TPSA) is 118 Å². The van der Waals surface area contributed by atoms with Crippen molar-refractivity contribution in [2.45, 2.75) is 11.8 Å². The molecule has 0 fully saturated rings. The number of anilines is 1. The van der Waals surface area contributed by atoms with Gasteiger partial charge in [0.25, 0.3) is 15.7 Å². The molecule has 9 heteroatoms. The molecule has 0 saturated carbocycles. The van der Waals surface area contributed by atoms with E-state index in [1.165, 1.54) is 50.4 Å². The van der Waals surface area contributed by atoms with Gasteiger partial charge in [0.15, 0.2) is 0 Å². The number of hydrogen-bond acceptors (Lipinski definition) is 5. The fourth-order valence-corrected chi connectivity index (χ4v) is 3.64. The summed E-state index contributed by atoms with van der Waals surface area (Å²) in [7, 11) is -2.97. The number of aromatic carboxylic acids is 1. The van der Waals surface area contributed by atoms with E-state index in [2.05, 4.69) is 0 Å². The fourth-order valence-electron chi connectivity index (χ4n) is 2.19. The molecule has 0 aliphatic carbocycles. The van der Waals surface area contributed by atoms with Crippen LogP contribution in [0.25, 0.3) is 0 Å². The lowest BCUT2D eigenvalue weighted by molar-refractivity contribution is -0.385. The number of carboxylic acid groups (broad SMARTS) is 1. The van der Waals surface area contributed by atoms with Gasteiger partial charge < -0.3 is 5.11 Å². The van der Waals surface area contributed by atoms with Crippen LogP contribution in [-0.4, -0.2) is 31.5 Å². The zero-order valence-electron chi connectivity index (χ0n) is 12.8. The third-order valence-corrected chi connectivity index (χ3v) is 5.41. The van der Waals surface area contributed by atoms with Gasteiger partial charge in [-0.25, -0.2) is 13.2 Å². The predicted octanol–water partition coefficient (Wildman–Crippen LogP) is 2.43. The molecule has 0 aliphatic rings. The SMILES string of the molecule is Cc1ccc([N+](=O)[O-])cc1S(=O)(=O)N(C)c1ccccc1C(=O)O. The summed E-state index contributed by atoms with van der Waals surface area (Å²) in [6.45, 7) is 1.51. The number of nitrogens with zero attached hydrogens (tertiary/aromatic N) is 2. The van der Waals surface area contributed by atoms with Crippen molar-refractivity contribution in [1.82, 2.24) is 0 Å². The lowest BCUT2D eigenvalue weighted by atomic mass is 10.2. The minimum atomic E-state index is -4.17. The number of para-hydroxylation sites is 1. The first-order valence-electron chi connectivity index (χ1n) is 6.72. The van der Waals surface area contributed by atoms with Gasteiger partial charge in [-0.15, -0.1) is 0 Å². The Morgan fingerprint density at radius 1 is 1.21 bits per heavy atom. The molecule has 0 spiro atoms. The average Bonchev–Trinajstić information content (AvgIpc) is 2.54. The maximum absolute atomic E-state index is 12.8. The molecule has 0 bridgehead atoms. The number of non-ortho nitro benzene ring substituents is 1. The Bertz CT molecular complexity index is 923. The molecule has 8 nitrogen and oxygen atoms in total. The fraction of sp³-hybridized carbons (Fsp3) is 0.133. The zero-order valence-corrected chi connectivity index (χ0v) is 13.6. The van der Waals surface area contributed by atoms with Crippen molar-refractivity contribution < 1.29 is 23.2 Å². The standard InChI is InChI=1S/C15H14N2O6S/c1-10-7-8-11(17(20)21)9-14(10)24(22,23)16(2)13-6-4-3-5-12(13)15(18)19/h3-9H,1-2H3,(H,18,19). The van der Waals surface area contributed by atoms with E-state index in [-0.39, 0.29) is 21.8 Å². The smallest absolute Gasteiger partial charge is 0.337 e. The van der Waals surface area contributed by atoms with E-state index in [1.54, 1.807) is 0 Å². The Hall–Kier alpha value is -2.94. The molecular formula is C15H14N2O6S. The number of carboxylic acids is 1. The van der Waals surface area contributed by atoms with Crippen molar-refractivity contribution >= 4 is 27.4 Å². The Morgan fingerprint density at radius 2 is 1.83 bits per heavy atom. The number of hydrogen-bond donors (Lipinski definition) is 1. The van der Waals surface area contributed by atoms with E-state index in [1.807, 2.05) is 0 Å². The van der Waals surface area contributed by atoms with Gasteiger partial charge in [0.1, 0.15) is 0 Å². The first-order chi connectivity index (χ1) is 11.2. The zero-order chi connectivity index (χ0) is 18.1. The van der Waals surface area contributed by atoms with E-state index in [9.17, 15) is 28.4 Å². The maximum Gasteiger partial charge on any atom is 0.337 e. The van der Waals surface area contributed by atoms with Crippen LogP contribution >= 0.6 is 0 Å². The maximum atomic E-state index is 12.8. The second-order valence-electron chi connectivity index (χ2n) is 5.00. The summed E-state index contributed by atoms with van der Waals surface area (Å²) in [6.07, 6.45) is 0. The molecule has 2 rings (SSSR count). The van der Waals surface area contributed by atoms with Crippen LogP contribution in [0, 0.1) is 17.0 Å². The van der Waals surface area contributed by atoms with Gasteiger partial charge in [-0.05, 0) is 24.6 Å². The van der Waals surface area contributed by atoms with E-state index < -0.39 is 20.9 Å². The molecule has 126 valence electrons. The molecule has 1 N–H and O–H groups in total. The normalized spacial score (nSPS) is 11.1. The van der Waals surface area contributed by atoms with Crippen LogP contribution in [-0.2, 0) is 10.0 Å². The number of sulfonamides is 1.